The number of hydrogen-bond acceptors (Lipinski definition) is 3. The molecule has 0 aliphatic carbocycles. The molecule has 17 heavy (non-hydrogen) atoms. The Kier molecular flexibility index (Phi) is 7.06. The highest BCUT2D eigenvalue weighted by molar-refractivity contribution is 5.75. The molecule has 0 radical (unpaired) electrons. The van der Waals surface area contributed by atoms with Crippen molar-refractivity contribution in [2.75, 3.05) is 13.1 Å². The molecule has 1 amide bonds. The Bertz CT molecular complexity index is 297. The third-order valence-electron chi connectivity index (χ3n) is 2.55. The normalized spacial score (nSPS) is 10.4. The molecular formula is C12H22N4O. The van der Waals surface area contributed by atoms with E-state index in [1.807, 2.05) is 16.9 Å². The van der Waals surface area contributed by atoms with Gasteiger partial charge >= 0.3 is 0 Å². The minimum atomic E-state index is 0.141. The molecule has 0 aliphatic rings. The first-order chi connectivity index (χ1) is 8.33. The van der Waals surface area contributed by atoms with Crippen molar-refractivity contribution in [1.29, 1.82) is 0 Å². The van der Waals surface area contributed by atoms with E-state index in [0.29, 0.717) is 13.0 Å². The van der Waals surface area contributed by atoms with Crippen molar-refractivity contribution < 1.29 is 4.79 Å². The predicted molar refractivity (Wildman–Crippen MR) is 67.4 cm³/mol. The van der Waals surface area contributed by atoms with Crippen molar-refractivity contribution in [2.24, 2.45) is 5.73 Å². The van der Waals surface area contributed by atoms with Crippen LogP contribution in [0.5, 0.6) is 0 Å². The largest absolute Gasteiger partial charge is 0.356 e. The van der Waals surface area contributed by atoms with Gasteiger partial charge in [-0.3, -0.25) is 9.48 Å². The lowest BCUT2D eigenvalue weighted by atomic mass is 10.2. The van der Waals surface area contributed by atoms with Gasteiger partial charge in [0.2, 0.25) is 5.91 Å². The minimum absolute atomic E-state index is 0.141. The van der Waals surface area contributed by atoms with Gasteiger partial charge in [-0.1, -0.05) is 6.42 Å². The van der Waals surface area contributed by atoms with E-state index >= 15 is 0 Å². The van der Waals surface area contributed by atoms with Gasteiger partial charge in [-0.2, -0.15) is 5.10 Å². The zero-order valence-electron chi connectivity index (χ0n) is 10.3. The number of hydrogen-bond donors (Lipinski definition) is 2. The van der Waals surface area contributed by atoms with E-state index in [4.69, 9.17) is 5.73 Å². The van der Waals surface area contributed by atoms with E-state index in [9.17, 15) is 4.79 Å². The summed E-state index contributed by atoms with van der Waals surface area (Å²) in [7, 11) is 0. The van der Waals surface area contributed by atoms with Gasteiger partial charge in [0.25, 0.3) is 0 Å². The van der Waals surface area contributed by atoms with E-state index < -0.39 is 0 Å². The summed E-state index contributed by atoms with van der Waals surface area (Å²) in [4.78, 5) is 11.4. The van der Waals surface area contributed by atoms with Crippen molar-refractivity contribution in [2.45, 2.75) is 38.6 Å². The standard InChI is InChI=1S/C12H22N4O/c13-7-3-1-2-6-12(17)14-8-4-10-16-11-5-9-15-16/h5,9,11H,1-4,6-8,10,13H2,(H,14,17). The lowest BCUT2D eigenvalue weighted by Crippen LogP contribution is -2.25. The van der Waals surface area contributed by atoms with Crippen LogP contribution in [-0.2, 0) is 11.3 Å². The predicted octanol–water partition coefficient (Wildman–Crippen LogP) is 0.908. The van der Waals surface area contributed by atoms with Crippen molar-refractivity contribution in [3.63, 3.8) is 0 Å². The highest BCUT2D eigenvalue weighted by atomic mass is 16.1. The molecule has 1 rings (SSSR count). The van der Waals surface area contributed by atoms with E-state index in [2.05, 4.69) is 10.4 Å². The quantitative estimate of drug-likeness (QED) is 0.628. The van der Waals surface area contributed by atoms with E-state index in [1.165, 1.54) is 0 Å². The fraction of sp³-hybridized carbons (Fsp3) is 0.667. The van der Waals surface area contributed by atoms with Crippen LogP contribution >= 0.6 is 0 Å². The lowest BCUT2D eigenvalue weighted by molar-refractivity contribution is -0.121. The number of unbranched alkanes of at least 4 members (excludes halogenated alkanes) is 2. The zero-order valence-corrected chi connectivity index (χ0v) is 10.3. The summed E-state index contributed by atoms with van der Waals surface area (Å²) in [6.07, 6.45) is 8.19. The number of rotatable bonds is 9. The maximum absolute atomic E-state index is 11.4. The summed E-state index contributed by atoms with van der Waals surface area (Å²) in [5, 5.41) is 7.01. The number of aromatic nitrogens is 2. The van der Waals surface area contributed by atoms with Gasteiger partial charge in [0.05, 0.1) is 0 Å². The number of nitrogens with zero attached hydrogens (tertiary/aromatic N) is 2. The molecule has 3 N–H and O–H groups in total. The summed E-state index contributed by atoms with van der Waals surface area (Å²) >= 11 is 0. The molecule has 5 nitrogen and oxygen atoms in total. The van der Waals surface area contributed by atoms with E-state index in [1.54, 1.807) is 6.20 Å². The monoisotopic (exact) mass is 238 g/mol. The number of nitrogens with two attached hydrogens (primary N) is 1. The van der Waals surface area contributed by atoms with Crippen molar-refractivity contribution in [1.82, 2.24) is 15.1 Å². The molecule has 0 aromatic carbocycles. The summed E-state index contributed by atoms with van der Waals surface area (Å²) < 4.78 is 1.87. The lowest BCUT2D eigenvalue weighted by Gasteiger charge is -2.05. The molecule has 0 aliphatic heterocycles. The number of carbonyl (C=O) groups excluding carboxylic acids is 1. The molecule has 1 aromatic rings. The molecule has 96 valence electrons. The summed E-state index contributed by atoms with van der Waals surface area (Å²) in [6, 6.07) is 1.90. The summed E-state index contributed by atoms with van der Waals surface area (Å²) in [5.41, 5.74) is 5.38. The Labute approximate surface area is 102 Å². The third-order valence-corrected chi connectivity index (χ3v) is 2.55. The molecule has 0 saturated carbocycles. The first-order valence-electron chi connectivity index (χ1n) is 6.27. The van der Waals surface area contributed by atoms with Gasteiger partial charge < -0.3 is 11.1 Å². The topological polar surface area (TPSA) is 72.9 Å². The molecule has 5 heteroatoms. The minimum Gasteiger partial charge on any atom is -0.356 e. The zero-order chi connectivity index (χ0) is 12.3. The Morgan fingerprint density at radius 2 is 2.18 bits per heavy atom. The molecule has 0 spiro atoms. The van der Waals surface area contributed by atoms with Gasteiger partial charge in [-0.05, 0) is 31.9 Å². The highest BCUT2D eigenvalue weighted by Gasteiger charge is 2.00. The Morgan fingerprint density at radius 3 is 2.88 bits per heavy atom. The van der Waals surface area contributed by atoms with Gasteiger partial charge in [-0.15, -0.1) is 0 Å². The SMILES string of the molecule is NCCCCCC(=O)NCCCn1cccn1. The molecule has 1 heterocycles. The summed E-state index contributed by atoms with van der Waals surface area (Å²) in [5.74, 6) is 0.141. The average molecular weight is 238 g/mol. The van der Waals surface area contributed by atoms with Crippen LogP contribution in [0.1, 0.15) is 32.1 Å². The second-order valence-electron chi connectivity index (χ2n) is 4.07. The molecule has 0 atom stereocenters. The Balaban J connectivity index is 1.93. The number of aryl methyl sites for hydroxylation is 1. The van der Waals surface area contributed by atoms with E-state index in [0.717, 1.165) is 38.8 Å². The van der Waals surface area contributed by atoms with Crippen LogP contribution in [0.4, 0.5) is 0 Å². The van der Waals surface area contributed by atoms with Crippen LogP contribution < -0.4 is 11.1 Å². The van der Waals surface area contributed by atoms with Crippen molar-refractivity contribution >= 4 is 5.91 Å². The molecule has 0 bridgehead atoms. The van der Waals surface area contributed by atoms with Gasteiger partial charge in [-0.25, -0.2) is 0 Å². The van der Waals surface area contributed by atoms with Crippen LogP contribution in [0.25, 0.3) is 0 Å². The number of amides is 1. The summed E-state index contributed by atoms with van der Waals surface area (Å²) in [6.45, 7) is 2.28. The smallest absolute Gasteiger partial charge is 0.219 e. The molecule has 0 fully saturated rings. The number of nitrogens with one attached hydrogen (secondary N) is 1. The van der Waals surface area contributed by atoms with Gasteiger partial charge in [0, 0.05) is 31.9 Å². The number of carbonyl (C=O) groups is 1. The third kappa shape index (κ3) is 6.73. The second kappa shape index (κ2) is 8.75. The fourth-order valence-electron chi connectivity index (χ4n) is 1.60. The van der Waals surface area contributed by atoms with Gasteiger partial charge in [0.15, 0.2) is 0 Å². The molecule has 0 unspecified atom stereocenters. The Hall–Kier alpha value is -1.36. The first kappa shape index (κ1) is 13.7. The van der Waals surface area contributed by atoms with E-state index in [-0.39, 0.29) is 5.91 Å². The maximum atomic E-state index is 11.4. The van der Waals surface area contributed by atoms with Crippen molar-refractivity contribution in [3.8, 4) is 0 Å². The van der Waals surface area contributed by atoms with Crippen LogP contribution in [0.15, 0.2) is 18.5 Å². The first-order valence-corrected chi connectivity index (χ1v) is 6.27. The van der Waals surface area contributed by atoms with Crippen LogP contribution in [0, 0.1) is 0 Å². The highest BCUT2D eigenvalue weighted by Crippen LogP contribution is 1.98. The van der Waals surface area contributed by atoms with Crippen LogP contribution in [0.3, 0.4) is 0 Å². The van der Waals surface area contributed by atoms with Gasteiger partial charge in [0.1, 0.15) is 0 Å². The molecule has 0 saturated heterocycles. The van der Waals surface area contributed by atoms with Crippen LogP contribution in [-0.4, -0.2) is 28.8 Å². The van der Waals surface area contributed by atoms with Crippen molar-refractivity contribution in [3.05, 3.63) is 18.5 Å². The second-order valence-corrected chi connectivity index (χ2v) is 4.07. The average Bonchev–Trinajstić information content (AvgIpc) is 2.83. The Morgan fingerprint density at radius 1 is 1.29 bits per heavy atom. The maximum Gasteiger partial charge on any atom is 0.219 e. The molecular weight excluding hydrogens is 216 g/mol. The molecule has 1 aromatic heterocycles. The van der Waals surface area contributed by atoms with Crippen LogP contribution in [0.2, 0.25) is 0 Å². The fourth-order valence-corrected chi connectivity index (χ4v) is 1.60.